The van der Waals surface area contributed by atoms with Gasteiger partial charge in [-0.2, -0.15) is 5.10 Å². The number of hydrogen-bond donors (Lipinski definition) is 1. The summed E-state index contributed by atoms with van der Waals surface area (Å²) in [6, 6.07) is 0. The Kier molecular flexibility index (Phi) is 4.32. The minimum atomic E-state index is 0.629. The highest BCUT2D eigenvalue weighted by molar-refractivity contribution is 5.66. The summed E-state index contributed by atoms with van der Waals surface area (Å²) in [5, 5.41) is 7.89. The van der Waals surface area contributed by atoms with Gasteiger partial charge in [-0.25, -0.2) is 15.0 Å². The molecule has 1 N–H and O–H groups in total. The minimum absolute atomic E-state index is 0.629. The molecule has 0 unspecified atom stereocenters. The molecule has 0 atom stereocenters. The molecule has 0 spiro atoms. The highest BCUT2D eigenvalue weighted by atomic mass is 15.4. The third-order valence-corrected chi connectivity index (χ3v) is 4.82. The second-order valence-electron chi connectivity index (χ2n) is 6.52. The number of aryl methyl sites for hydroxylation is 1. The van der Waals surface area contributed by atoms with Crippen molar-refractivity contribution in [1.29, 1.82) is 0 Å². The van der Waals surface area contributed by atoms with E-state index in [1.165, 1.54) is 12.8 Å². The monoisotopic (exact) mass is 352 g/mol. The van der Waals surface area contributed by atoms with Gasteiger partial charge in [0.05, 0.1) is 11.3 Å². The molecular weight excluding hydrogens is 328 g/mol. The first kappa shape index (κ1) is 16.6. The Morgan fingerprint density at radius 3 is 2.54 bits per heavy atom. The van der Waals surface area contributed by atoms with Crippen LogP contribution in [-0.4, -0.2) is 48.9 Å². The normalized spacial score (nSPS) is 14.2. The fraction of sp³-hybridized carbons (Fsp3) is 0.444. The number of anilines is 2. The first-order chi connectivity index (χ1) is 12.7. The molecule has 1 aliphatic heterocycles. The number of nitrogens with one attached hydrogen (secondary N) is 1. The van der Waals surface area contributed by atoms with Gasteiger partial charge in [0.15, 0.2) is 5.82 Å². The maximum Gasteiger partial charge on any atom is 0.222 e. The molecule has 136 valence electrons. The fourth-order valence-electron chi connectivity index (χ4n) is 3.39. The summed E-state index contributed by atoms with van der Waals surface area (Å²) in [5.41, 5.74) is 3.07. The van der Waals surface area contributed by atoms with Gasteiger partial charge in [-0.3, -0.25) is 9.25 Å². The third-order valence-electron chi connectivity index (χ3n) is 4.82. The molecule has 0 aromatic carbocycles. The summed E-state index contributed by atoms with van der Waals surface area (Å²) in [5.74, 6) is 2.47. The van der Waals surface area contributed by atoms with Crippen LogP contribution >= 0.6 is 0 Å². The largest absolute Gasteiger partial charge is 0.355 e. The SMILES string of the molecule is CCNc1ncc(-c2nccn2-c2c(N3CCCC3)nn(C)c2C)cn1. The van der Waals surface area contributed by atoms with E-state index in [2.05, 4.69) is 36.7 Å². The van der Waals surface area contributed by atoms with E-state index in [1.54, 1.807) is 0 Å². The van der Waals surface area contributed by atoms with E-state index in [-0.39, 0.29) is 0 Å². The van der Waals surface area contributed by atoms with Crippen LogP contribution in [0.15, 0.2) is 24.8 Å². The summed E-state index contributed by atoms with van der Waals surface area (Å²) >= 11 is 0. The highest BCUT2D eigenvalue weighted by Gasteiger charge is 2.24. The van der Waals surface area contributed by atoms with Gasteiger partial charge in [-0.1, -0.05) is 0 Å². The third kappa shape index (κ3) is 2.81. The number of imidazole rings is 1. The summed E-state index contributed by atoms with van der Waals surface area (Å²) in [6.07, 6.45) is 9.85. The Morgan fingerprint density at radius 2 is 1.85 bits per heavy atom. The summed E-state index contributed by atoms with van der Waals surface area (Å²) in [7, 11) is 1.99. The van der Waals surface area contributed by atoms with E-state index in [4.69, 9.17) is 5.10 Å². The van der Waals surface area contributed by atoms with E-state index >= 15 is 0 Å². The van der Waals surface area contributed by atoms with Crippen molar-refractivity contribution >= 4 is 11.8 Å². The number of aromatic nitrogens is 6. The molecule has 1 aliphatic rings. The molecule has 8 nitrogen and oxygen atoms in total. The van der Waals surface area contributed by atoms with Crippen LogP contribution in [0.25, 0.3) is 17.1 Å². The average Bonchev–Trinajstić information content (AvgIpc) is 3.38. The predicted molar refractivity (Wildman–Crippen MR) is 102 cm³/mol. The van der Waals surface area contributed by atoms with Gasteiger partial charge in [-0.05, 0) is 26.7 Å². The number of hydrogen-bond acceptors (Lipinski definition) is 6. The van der Waals surface area contributed by atoms with Gasteiger partial charge < -0.3 is 10.2 Å². The van der Waals surface area contributed by atoms with Crippen LogP contribution in [0.3, 0.4) is 0 Å². The average molecular weight is 352 g/mol. The molecule has 3 aromatic heterocycles. The second-order valence-corrected chi connectivity index (χ2v) is 6.52. The van der Waals surface area contributed by atoms with Crippen molar-refractivity contribution in [3.8, 4) is 17.1 Å². The van der Waals surface area contributed by atoms with Crippen LogP contribution in [0.1, 0.15) is 25.5 Å². The number of rotatable bonds is 5. The molecule has 0 amide bonds. The first-order valence-electron chi connectivity index (χ1n) is 9.07. The zero-order valence-electron chi connectivity index (χ0n) is 15.5. The molecule has 0 radical (unpaired) electrons. The summed E-state index contributed by atoms with van der Waals surface area (Å²) < 4.78 is 4.04. The predicted octanol–water partition coefficient (Wildman–Crippen LogP) is 2.40. The van der Waals surface area contributed by atoms with Crippen molar-refractivity contribution in [1.82, 2.24) is 29.3 Å². The Bertz CT molecular complexity index is 887. The van der Waals surface area contributed by atoms with Gasteiger partial charge >= 0.3 is 0 Å². The Balaban J connectivity index is 1.77. The van der Waals surface area contributed by atoms with Crippen molar-refractivity contribution in [2.24, 2.45) is 7.05 Å². The lowest BCUT2D eigenvalue weighted by Crippen LogP contribution is -2.20. The van der Waals surface area contributed by atoms with Gasteiger partial charge in [0.2, 0.25) is 5.95 Å². The molecule has 4 rings (SSSR count). The molecular formula is C18H24N8. The lowest BCUT2D eigenvalue weighted by atomic mass is 10.3. The van der Waals surface area contributed by atoms with Crippen LogP contribution < -0.4 is 10.2 Å². The van der Waals surface area contributed by atoms with Crippen LogP contribution in [0, 0.1) is 6.92 Å². The topological polar surface area (TPSA) is 76.7 Å². The maximum absolute atomic E-state index is 4.77. The molecule has 0 bridgehead atoms. The van der Waals surface area contributed by atoms with Crippen molar-refractivity contribution in [3.05, 3.63) is 30.5 Å². The van der Waals surface area contributed by atoms with Crippen molar-refractivity contribution in [2.75, 3.05) is 29.9 Å². The van der Waals surface area contributed by atoms with Gasteiger partial charge in [0, 0.05) is 51.5 Å². The van der Waals surface area contributed by atoms with Crippen molar-refractivity contribution < 1.29 is 0 Å². The summed E-state index contributed by atoms with van der Waals surface area (Å²) in [6.45, 7) is 7.01. The Labute approximate surface area is 152 Å². The van der Waals surface area contributed by atoms with Crippen molar-refractivity contribution in [2.45, 2.75) is 26.7 Å². The lowest BCUT2D eigenvalue weighted by Gasteiger charge is -2.17. The van der Waals surface area contributed by atoms with Gasteiger partial charge in [-0.15, -0.1) is 0 Å². The van der Waals surface area contributed by atoms with Crippen LogP contribution in [0.5, 0.6) is 0 Å². The quantitative estimate of drug-likeness (QED) is 0.760. The van der Waals surface area contributed by atoms with Crippen LogP contribution in [-0.2, 0) is 7.05 Å². The summed E-state index contributed by atoms with van der Waals surface area (Å²) in [4.78, 5) is 15.7. The van der Waals surface area contributed by atoms with E-state index in [1.807, 2.05) is 43.4 Å². The zero-order valence-corrected chi connectivity index (χ0v) is 15.5. The van der Waals surface area contributed by atoms with Gasteiger partial charge in [0.1, 0.15) is 11.5 Å². The van der Waals surface area contributed by atoms with Gasteiger partial charge in [0.25, 0.3) is 0 Å². The fourth-order valence-corrected chi connectivity index (χ4v) is 3.39. The van der Waals surface area contributed by atoms with Crippen LogP contribution in [0.2, 0.25) is 0 Å². The molecule has 1 fully saturated rings. The second kappa shape index (κ2) is 6.78. The molecule has 0 saturated carbocycles. The molecule has 0 aliphatic carbocycles. The molecule has 8 heteroatoms. The van der Waals surface area contributed by atoms with Crippen LogP contribution in [0.4, 0.5) is 11.8 Å². The Morgan fingerprint density at radius 1 is 1.12 bits per heavy atom. The minimum Gasteiger partial charge on any atom is -0.355 e. The zero-order chi connectivity index (χ0) is 18.1. The van der Waals surface area contributed by atoms with E-state index in [0.717, 1.165) is 48.2 Å². The molecule has 4 heterocycles. The number of nitrogens with zero attached hydrogens (tertiary/aromatic N) is 7. The molecule has 3 aromatic rings. The first-order valence-corrected chi connectivity index (χ1v) is 9.07. The highest BCUT2D eigenvalue weighted by Crippen LogP contribution is 2.32. The van der Waals surface area contributed by atoms with E-state index in [9.17, 15) is 0 Å². The standard InChI is InChI=1S/C18H24N8/c1-4-19-18-21-11-14(12-22-18)16-20-7-10-26(16)15-13(2)24(3)23-17(15)25-8-5-6-9-25/h7,10-12H,4-6,8-9H2,1-3H3,(H,19,21,22). The smallest absolute Gasteiger partial charge is 0.222 e. The van der Waals surface area contributed by atoms with Crippen molar-refractivity contribution in [3.63, 3.8) is 0 Å². The Hall–Kier alpha value is -2.90. The molecule has 26 heavy (non-hydrogen) atoms. The van der Waals surface area contributed by atoms with E-state index < -0.39 is 0 Å². The molecule has 1 saturated heterocycles. The maximum atomic E-state index is 4.77. The lowest BCUT2D eigenvalue weighted by molar-refractivity contribution is 0.730. The van der Waals surface area contributed by atoms with E-state index in [0.29, 0.717) is 5.95 Å².